The zero-order valence-electron chi connectivity index (χ0n) is 14.9. The quantitative estimate of drug-likeness (QED) is 0.854. The second-order valence-corrected chi connectivity index (χ2v) is 7.97. The molecule has 1 unspecified atom stereocenters. The minimum atomic E-state index is 0.241. The van der Waals surface area contributed by atoms with Gasteiger partial charge >= 0.3 is 0 Å². The first-order valence-electron chi connectivity index (χ1n) is 8.54. The van der Waals surface area contributed by atoms with Gasteiger partial charge in [-0.15, -0.1) is 0 Å². The number of nitrogens with zero attached hydrogens (tertiary/aromatic N) is 1. The van der Waals surface area contributed by atoms with E-state index in [-0.39, 0.29) is 6.17 Å². The Morgan fingerprint density at radius 1 is 1.13 bits per heavy atom. The molecule has 1 N–H and O–H groups in total. The average Bonchev–Trinajstić information content (AvgIpc) is 2.47. The van der Waals surface area contributed by atoms with Crippen LogP contribution in [0.15, 0.2) is 42.5 Å². The molecule has 122 valence electrons. The van der Waals surface area contributed by atoms with Gasteiger partial charge in [0, 0.05) is 18.5 Å². The van der Waals surface area contributed by atoms with E-state index in [0.717, 1.165) is 6.42 Å². The smallest absolute Gasteiger partial charge is 0.0989 e. The minimum absolute atomic E-state index is 0.241. The lowest BCUT2D eigenvalue weighted by Crippen LogP contribution is -2.48. The molecular weight excluding hydrogens is 280 g/mol. The van der Waals surface area contributed by atoms with Gasteiger partial charge in [-0.25, -0.2) is 0 Å². The third kappa shape index (κ3) is 3.42. The van der Waals surface area contributed by atoms with E-state index in [9.17, 15) is 0 Å². The molecule has 2 heteroatoms. The SMILES string of the molecule is C[C@H](CC(C)(C)C)NC1C=Cc2ccc3ccccc3c2N1C. The van der Waals surface area contributed by atoms with Gasteiger partial charge in [0.15, 0.2) is 0 Å². The molecule has 2 aromatic rings. The van der Waals surface area contributed by atoms with Crippen molar-refractivity contribution in [2.24, 2.45) is 5.41 Å². The maximum atomic E-state index is 3.77. The topological polar surface area (TPSA) is 15.3 Å². The van der Waals surface area contributed by atoms with Crippen LogP contribution in [0.4, 0.5) is 5.69 Å². The highest BCUT2D eigenvalue weighted by Crippen LogP contribution is 2.35. The molecule has 2 aromatic carbocycles. The van der Waals surface area contributed by atoms with E-state index in [1.165, 1.54) is 22.0 Å². The van der Waals surface area contributed by atoms with Crippen LogP contribution < -0.4 is 10.2 Å². The van der Waals surface area contributed by atoms with Crippen molar-refractivity contribution in [3.8, 4) is 0 Å². The monoisotopic (exact) mass is 308 g/mol. The summed E-state index contributed by atoms with van der Waals surface area (Å²) in [6.07, 6.45) is 5.93. The Balaban J connectivity index is 1.88. The molecule has 0 aromatic heterocycles. The van der Waals surface area contributed by atoms with Crippen LogP contribution >= 0.6 is 0 Å². The third-order valence-electron chi connectivity index (χ3n) is 4.53. The summed E-state index contributed by atoms with van der Waals surface area (Å²) in [6.45, 7) is 9.18. The molecule has 0 bridgehead atoms. The van der Waals surface area contributed by atoms with Crippen molar-refractivity contribution in [3.63, 3.8) is 0 Å². The van der Waals surface area contributed by atoms with Gasteiger partial charge in [0.1, 0.15) is 0 Å². The number of hydrogen-bond acceptors (Lipinski definition) is 2. The Bertz CT molecular complexity index is 724. The third-order valence-corrected chi connectivity index (χ3v) is 4.53. The van der Waals surface area contributed by atoms with E-state index in [0.29, 0.717) is 11.5 Å². The van der Waals surface area contributed by atoms with Crippen LogP contribution in [0.1, 0.15) is 39.7 Å². The minimum Gasteiger partial charge on any atom is -0.355 e. The van der Waals surface area contributed by atoms with Crippen molar-refractivity contribution in [2.75, 3.05) is 11.9 Å². The molecule has 23 heavy (non-hydrogen) atoms. The molecule has 0 spiro atoms. The number of anilines is 1. The van der Waals surface area contributed by atoms with Gasteiger partial charge in [-0.1, -0.05) is 63.2 Å². The Morgan fingerprint density at radius 2 is 1.87 bits per heavy atom. The fourth-order valence-corrected chi connectivity index (χ4v) is 3.70. The predicted octanol–water partition coefficient (Wildman–Crippen LogP) is 5.04. The van der Waals surface area contributed by atoms with Crippen LogP contribution in [-0.2, 0) is 0 Å². The molecule has 1 aliphatic rings. The molecule has 0 fully saturated rings. The van der Waals surface area contributed by atoms with Gasteiger partial charge in [-0.05, 0) is 35.8 Å². The second-order valence-electron chi connectivity index (χ2n) is 7.97. The Kier molecular flexibility index (Phi) is 4.20. The van der Waals surface area contributed by atoms with Crippen LogP contribution in [0.5, 0.6) is 0 Å². The average molecular weight is 308 g/mol. The van der Waals surface area contributed by atoms with E-state index in [4.69, 9.17) is 0 Å². The zero-order valence-corrected chi connectivity index (χ0v) is 14.9. The van der Waals surface area contributed by atoms with Crippen molar-refractivity contribution < 1.29 is 0 Å². The maximum absolute atomic E-state index is 3.77. The van der Waals surface area contributed by atoms with Gasteiger partial charge in [0.2, 0.25) is 0 Å². The van der Waals surface area contributed by atoms with E-state index in [2.05, 4.69) is 93.5 Å². The summed E-state index contributed by atoms with van der Waals surface area (Å²) in [5.41, 5.74) is 2.97. The zero-order chi connectivity index (χ0) is 16.6. The Hall–Kier alpha value is -1.80. The molecule has 0 saturated carbocycles. The Morgan fingerprint density at radius 3 is 2.61 bits per heavy atom. The van der Waals surface area contributed by atoms with Gasteiger partial charge in [0.25, 0.3) is 0 Å². The normalized spacial score (nSPS) is 19.0. The van der Waals surface area contributed by atoms with Crippen LogP contribution in [0.25, 0.3) is 16.8 Å². The molecule has 0 saturated heterocycles. The predicted molar refractivity (Wildman–Crippen MR) is 102 cm³/mol. The van der Waals surface area contributed by atoms with E-state index >= 15 is 0 Å². The number of benzene rings is 2. The summed E-state index contributed by atoms with van der Waals surface area (Å²) < 4.78 is 0. The molecule has 0 amide bonds. The van der Waals surface area contributed by atoms with Gasteiger partial charge in [-0.2, -0.15) is 0 Å². The fraction of sp³-hybridized carbons (Fsp3) is 0.429. The highest BCUT2D eigenvalue weighted by molar-refractivity contribution is 5.99. The standard InChI is InChI=1S/C21H28N2/c1-15(14-21(2,3)4)22-19-13-12-17-11-10-16-8-6-7-9-18(16)20(17)23(19)5/h6-13,15,19,22H,14H2,1-5H3/t15-,19?/m1/s1. The lowest BCUT2D eigenvalue weighted by atomic mass is 9.88. The first kappa shape index (κ1) is 16.1. The second kappa shape index (κ2) is 6.01. The van der Waals surface area contributed by atoms with Crippen LogP contribution in [0, 0.1) is 5.41 Å². The van der Waals surface area contributed by atoms with Crippen LogP contribution in [-0.4, -0.2) is 19.3 Å². The summed E-state index contributed by atoms with van der Waals surface area (Å²) in [5, 5.41) is 6.40. The molecule has 2 nitrogen and oxygen atoms in total. The highest BCUT2D eigenvalue weighted by Gasteiger charge is 2.24. The molecule has 3 rings (SSSR count). The van der Waals surface area contributed by atoms with E-state index in [1.807, 2.05) is 0 Å². The molecule has 2 atom stereocenters. The molecule has 0 aliphatic carbocycles. The summed E-state index contributed by atoms with van der Waals surface area (Å²) in [7, 11) is 2.19. The summed E-state index contributed by atoms with van der Waals surface area (Å²) in [4.78, 5) is 2.37. The number of nitrogens with one attached hydrogen (secondary N) is 1. The molecule has 1 heterocycles. The van der Waals surface area contributed by atoms with Crippen LogP contribution in [0.3, 0.4) is 0 Å². The summed E-state index contributed by atoms with van der Waals surface area (Å²) >= 11 is 0. The molecule has 0 radical (unpaired) electrons. The number of likely N-dealkylation sites (N-methyl/N-ethyl adjacent to an activating group) is 1. The van der Waals surface area contributed by atoms with E-state index < -0.39 is 0 Å². The number of hydrogen-bond donors (Lipinski definition) is 1. The van der Waals surface area contributed by atoms with Crippen LogP contribution in [0.2, 0.25) is 0 Å². The summed E-state index contributed by atoms with van der Waals surface area (Å²) in [5.74, 6) is 0. The largest absolute Gasteiger partial charge is 0.355 e. The van der Waals surface area contributed by atoms with Gasteiger partial charge < -0.3 is 4.90 Å². The first-order chi connectivity index (χ1) is 10.8. The van der Waals surface area contributed by atoms with Crippen molar-refractivity contribution in [1.29, 1.82) is 0 Å². The van der Waals surface area contributed by atoms with Gasteiger partial charge in [0.05, 0.1) is 11.9 Å². The summed E-state index contributed by atoms with van der Waals surface area (Å²) in [6, 6.07) is 13.5. The lowest BCUT2D eigenvalue weighted by molar-refractivity contribution is 0.310. The molecular formula is C21H28N2. The first-order valence-corrected chi connectivity index (χ1v) is 8.54. The Labute approximate surface area is 140 Å². The number of rotatable bonds is 3. The van der Waals surface area contributed by atoms with E-state index in [1.54, 1.807) is 0 Å². The van der Waals surface area contributed by atoms with Crippen molar-refractivity contribution >= 4 is 22.5 Å². The van der Waals surface area contributed by atoms with Gasteiger partial charge in [-0.3, -0.25) is 5.32 Å². The highest BCUT2D eigenvalue weighted by atomic mass is 15.3. The molecule has 1 aliphatic heterocycles. The van der Waals surface area contributed by atoms with Crippen molar-refractivity contribution in [1.82, 2.24) is 5.32 Å². The number of fused-ring (bicyclic) bond motifs is 3. The fourth-order valence-electron chi connectivity index (χ4n) is 3.70. The maximum Gasteiger partial charge on any atom is 0.0989 e. The van der Waals surface area contributed by atoms with Crippen molar-refractivity contribution in [2.45, 2.75) is 46.3 Å². The van der Waals surface area contributed by atoms with Crippen molar-refractivity contribution in [3.05, 3.63) is 48.0 Å². The lowest BCUT2D eigenvalue weighted by Gasteiger charge is -2.37.